The summed E-state index contributed by atoms with van der Waals surface area (Å²) < 4.78 is 12.8. The van der Waals surface area contributed by atoms with E-state index in [1.165, 1.54) is 11.0 Å². The SMILES string of the molecule is C[N+]1(C)CCO[B-]12OCc1ccccc12. The molecule has 0 bridgehead atoms. The van der Waals surface area contributed by atoms with Crippen LogP contribution in [0.4, 0.5) is 0 Å². The molecular formula is C11H16BNO2. The van der Waals surface area contributed by atoms with Crippen molar-refractivity contribution in [3.8, 4) is 0 Å². The van der Waals surface area contributed by atoms with Crippen LogP contribution in [0.3, 0.4) is 0 Å². The highest BCUT2D eigenvalue weighted by Crippen LogP contribution is 2.31. The summed E-state index contributed by atoms with van der Waals surface area (Å²) in [6, 6.07) is 8.41. The number of hydrogen-bond donors (Lipinski definition) is 0. The second-order valence-electron chi connectivity index (χ2n) is 5.05. The standard InChI is InChI=1S/C11H16BNO2/c1-13(2)7-8-14-12(13)11-6-4-3-5-10(11)9-15-12/h3-6H,7-9H2,1-2H3. The first-order chi connectivity index (χ1) is 7.16. The summed E-state index contributed by atoms with van der Waals surface area (Å²) >= 11 is 0. The van der Waals surface area contributed by atoms with Crippen molar-refractivity contribution in [1.82, 2.24) is 0 Å². The first-order valence-electron chi connectivity index (χ1n) is 5.49. The first-order valence-corrected chi connectivity index (χ1v) is 5.49. The van der Waals surface area contributed by atoms with Gasteiger partial charge in [0.25, 0.3) is 0 Å². The molecule has 1 spiro atoms. The van der Waals surface area contributed by atoms with Crippen LogP contribution >= 0.6 is 0 Å². The molecular weight excluding hydrogens is 189 g/mol. The predicted molar refractivity (Wildman–Crippen MR) is 59.5 cm³/mol. The fraction of sp³-hybridized carbons (Fsp3) is 0.455. The van der Waals surface area contributed by atoms with Crippen molar-refractivity contribution < 1.29 is 13.7 Å². The Morgan fingerprint density at radius 1 is 1.20 bits per heavy atom. The fourth-order valence-electron chi connectivity index (χ4n) is 2.85. The molecule has 80 valence electrons. The van der Waals surface area contributed by atoms with Gasteiger partial charge in [-0.2, -0.15) is 0 Å². The van der Waals surface area contributed by atoms with Gasteiger partial charge < -0.3 is 13.7 Å². The van der Waals surface area contributed by atoms with Crippen molar-refractivity contribution in [2.45, 2.75) is 6.61 Å². The molecule has 1 aromatic carbocycles. The molecule has 0 N–H and O–H groups in total. The topological polar surface area (TPSA) is 18.5 Å². The molecule has 1 unspecified atom stereocenters. The van der Waals surface area contributed by atoms with Crippen molar-refractivity contribution in [1.29, 1.82) is 0 Å². The summed E-state index contributed by atoms with van der Waals surface area (Å²) in [6.07, 6.45) is 0. The predicted octanol–water partition coefficient (Wildman–Crippen LogP) is 0.469. The molecule has 15 heavy (non-hydrogen) atoms. The van der Waals surface area contributed by atoms with Gasteiger partial charge in [-0.3, -0.25) is 0 Å². The number of rotatable bonds is 0. The van der Waals surface area contributed by atoms with E-state index >= 15 is 0 Å². The highest BCUT2D eigenvalue weighted by molar-refractivity contribution is 6.76. The zero-order valence-electron chi connectivity index (χ0n) is 9.27. The van der Waals surface area contributed by atoms with Gasteiger partial charge in [0, 0.05) is 20.7 Å². The van der Waals surface area contributed by atoms with Crippen LogP contribution in [0, 0.1) is 0 Å². The van der Waals surface area contributed by atoms with E-state index in [9.17, 15) is 0 Å². The third-order valence-corrected chi connectivity index (χ3v) is 3.84. The summed E-state index contributed by atoms with van der Waals surface area (Å²) in [5.74, 6) is 0. The molecule has 0 aromatic heterocycles. The van der Waals surface area contributed by atoms with Crippen LogP contribution in [-0.2, 0) is 15.9 Å². The molecule has 1 atom stereocenters. The van der Waals surface area contributed by atoms with Crippen LogP contribution in [0.1, 0.15) is 5.56 Å². The van der Waals surface area contributed by atoms with Crippen molar-refractivity contribution in [3.63, 3.8) is 0 Å². The Kier molecular flexibility index (Phi) is 1.78. The van der Waals surface area contributed by atoms with E-state index in [0.717, 1.165) is 17.5 Å². The monoisotopic (exact) mass is 205 g/mol. The lowest BCUT2D eigenvalue weighted by molar-refractivity contribution is -0.791. The van der Waals surface area contributed by atoms with E-state index in [-0.39, 0.29) is 0 Å². The number of benzene rings is 1. The van der Waals surface area contributed by atoms with E-state index in [4.69, 9.17) is 9.31 Å². The van der Waals surface area contributed by atoms with E-state index < -0.39 is 6.69 Å². The zero-order valence-corrected chi connectivity index (χ0v) is 9.27. The summed E-state index contributed by atoms with van der Waals surface area (Å²) in [4.78, 5) is 0. The smallest absolute Gasteiger partial charge is 0.502 e. The highest BCUT2D eigenvalue weighted by atomic mass is 16.6. The first kappa shape index (κ1) is 9.40. The van der Waals surface area contributed by atoms with E-state index in [1.54, 1.807) is 0 Å². The van der Waals surface area contributed by atoms with Gasteiger partial charge in [0.2, 0.25) is 0 Å². The molecule has 0 radical (unpaired) electrons. The molecule has 2 heterocycles. The number of quaternary nitrogens is 1. The van der Waals surface area contributed by atoms with Gasteiger partial charge in [0.1, 0.15) is 0 Å². The Morgan fingerprint density at radius 2 is 2.00 bits per heavy atom. The molecule has 2 aliphatic rings. The molecule has 0 amide bonds. The molecule has 4 heteroatoms. The minimum Gasteiger partial charge on any atom is -0.506 e. The van der Waals surface area contributed by atoms with Crippen molar-refractivity contribution in [3.05, 3.63) is 29.8 Å². The van der Waals surface area contributed by atoms with E-state index in [1.807, 2.05) is 0 Å². The molecule has 2 aliphatic heterocycles. The molecule has 0 aliphatic carbocycles. The maximum atomic E-state index is 6.00. The summed E-state index contributed by atoms with van der Waals surface area (Å²) in [6.45, 7) is 1.23. The van der Waals surface area contributed by atoms with Gasteiger partial charge in [-0.05, 0) is 5.56 Å². The van der Waals surface area contributed by atoms with Gasteiger partial charge >= 0.3 is 6.69 Å². The third kappa shape index (κ3) is 1.07. The summed E-state index contributed by atoms with van der Waals surface area (Å²) in [7, 11) is 4.38. The Balaban J connectivity index is 2.16. The molecule has 1 saturated heterocycles. The van der Waals surface area contributed by atoms with Crippen LogP contribution in [-0.4, -0.2) is 38.3 Å². The van der Waals surface area contributed by atoms with Crippen molar-refractivity contribution in [2.24, 2.45) is 0 Å². The average Bonchev–Trinajstić information content (AvgIpc) is 2.72. The minimum absolute atomic E-state index is 0.692. The van der Waals surface area contributed by atoms with Crippen LogP contribution in [0.5, 0.6) is 0 Å². The fourth-order valence-corrected chi connectivity index (χ4v) is 2.85. The number of nitrogens with zero attached hydrogens (tertiary/aromatic N) is 1. The lowest BCUT2D eigenvalue weighted by Crippen LogP contribution is -2.68. The highest BCUT2D eigenvalue weighted by Gasteiger charge is 2.55. The lowest BCUT2D eigenvalue weighted by Gasteiger charge is -2.45. The van der Waals surface area contributed by atoms with Crippen LogP contribution < -0.4 is 5.46 Å². The van der Waals surface area contributed by atoms with Crippen LogP contribution in [0.15, 0.2) is 24.3 Å². The van der Waals surface area contributed by atoms with Crippen molar-refractivity contribution >= 4 is 12.1 Å². The van der Waals surface area contributed by atoms with Gasteiger partial charge in [-0.25, -0.2) is 0 Å². The average molecular weight is 205 g/mol. The summed E-state index contributed by atoms with van der Waals surface area (Å²) in [5, 5.41) is 0. The second kappa shape index (κ2) is 2.85. The number of likely N-dealkylation sites (N-methyl/N-ethyl adjacent to an activating group) is 1. The second-order valence-corrected chi connectivity index (χ2v) is 5.05. The van der Waals surface area contributed by atoms with E-state index in [0.29, 0.717) is 6.61 Å². The maximum Gasteiger partial charge on any atom is 0.502 e. The van der Waals surface area contributed by atoms with Crippen LogP contribution in [0.2, 0.25) is 0 Å². The number of fused-ring (bicyclic) bond motifs is 2. The van der Waals surface area contributed by atoms with Gasteiger partial charge in [0.15, 0.2) is 0 Å². The largest absolute Gasteiger partial charge is 0.506 e. The Morgan fingerprint density at radius 3 is 2.73 bits per heavy atom. The minimum atomic E-state index is -1.28. The molecule has 0 saturated carbocycles. The molecule has 3 rings (SSSR count). The van der Waals surface area contributed by atoms with E-state index in [2.05, 4.69) is 38.4 Å². The third-order valence-electron chi connectivity index (χ3n) is 3.84. The molecule has 1 fully saturated rings. The normalized spacial score (nSPS) is 32.1. The Labute approximate surface area is 90.2 Å². The molecule has 3 nitrogen and oxygen atoms in total. The molecule has 1 aromatic rings. The Hall–Kier alpha value is -0.835. The van der Waals surface area contributed by atoms with Gasteiger partial charge in [-0.1, -0.05) is 29.7 Å². The maximum absolute atomic E-state index is 6.00. The quantitative estimate of drug-likeness (QED) is 0.573. The zero-order chi connectivity index (χ0) is 10.5. The van der Waals surface area contributed by atoms with Gasteiger partial charge in [-0.15, -0.1) is 0 Å². The Bertz CT molecular complexity index is 407. The summed E-state index contributed by atoms with van der Waals surface area (Å²) in [5.41, 5.74) is 2.55. The van der Waals surface area contributed by atoms with Crippen molar-refractivity contribution in [2.75, 3.05) is 27.2 Å². The van der Waals surface area contributed by atoms with Gasteiger partial charge in [0.05, 0.1) is 13.2 Å². The van der Waals surface area contributed by atoms with Crippen LogP contribution in [0.25, 0.3) is 0 Å². The number of hydrogen-bond acceptors (Lipinski definition) is 2. The lowest BCUT2D eigenvalue weighted by atomic mass is 9.61.